The number of rotatable bonds is 6. The Balaban J connectivity index is 2.93. The van der Waals surface area contributed by atoms with Crippen molar-refractivity contribution in [3.05, 3.63) is 22.7 Å². The Morgan fingerprint density at radius 1 is 1.44 bits per heavy atom. The van der Waals surface area contributed by atoms with E-state index >= 15 is 0 Å². The highest BCUT2D eigenvalue weighted by Gasteiger charge is 2.15. The van der Waals surface area contributed by atoms with E-state index in [0.29, 0.717) is 23.1 Å². The van der Waals surface area contributed by atoms with Crippen LogP contribution < -0.4 is 14.8 Å². The van der Waals surface area contributed by atoms with Crippen molar-refractivity contribution in [3.8, 4) is 11.5 Å². The first-order chi connectivity index (χ1) is 8.49. The number of carboxylic acid groups (broad SMARTS) is 1. The van der Waals surface area contributed by atoms with Crippen molar-refractivity contribution in [2.24, 2.45) is 0 Å². The van der Waals surface area contributed by atoms with Crippen LogP contribution in [0.4, 0.5) is 0 Å². The molecule has 1 rings (SSSR count). The summed E-state index contributed by atoms with van der Waals surface area (Å²) < 4.78 is 10.4. The average molecular weight is 274 g/mol. The molecule has 1 atom stereocenters. The summed E-state index contributed by atoms with van der Waals surface area (Å²) in [6, 6.07) is 2.70. The third-order valence-electron chi connectivity index (χ3n) is 2.49. The van der Waals surface area contributed by atoms with Crippen LogP contribution in [0.15, 0.2) is 12.1 Å². The van der Waals surface area contributed by atoms with E-state index in [1.54, 1.807) is 19.1 Å². The Labute approximate surface area is 111 Å². The third kappa shape index (κ3) is 3.51. The molecule has 1 aromatic rings. The van der Waals surface area contributed by atoms with Gasteiger partial charge in [-0.3, -0.25) is 4.79 Å². The lowest BCUT2D eigenvalue weighted by Crippen LogP contribution is -2.33. The molecule has 0 bridgehead atoms. The van der Waals surface area contributed by atoms with Gasteiger partial charge in [-0.1, -0.05) is 11.6 Å². The number of nitrogens with one attached hydrogen (secondary N) is 1. The number of aliphatic carboxylic acids is 1. The maximum atomic E-state index is 10.7. The van der Waals surface area contributed by atoms with Crippen molar-refractivity contribution in [1.82, 2.24) is 5.32 Å². The van der Waals surface area contributed by atoms with Crippen LogP contribution in [-0.4, -0.2) is 31.3 Å². The fourth-order valence-electron chi connectivity index (χ4n) is 1.49. The number of ether oxygens (including phenoxy) is 2. The Bertz CT molecular complexity index is 436. The summed E-state index contributed by atoms with van der Waals surface area (Å²) in [6.07, 6.45) is 0. The lowest BCUT2D eigenvalue weighted by Gasteiger charge is -2.15. The minimum Gasteiger partial charge on any atom is -0.493 e. The topological polar surface area (TPSA) is 67.8 Å². The first-order valence-corrected chi connectivity index (χ1v) is 5.74. The van der Waals surface area contributed by atoms with Gasteiger partial charge in [0, 0.05) is 23.2 Å². The highest BCUT2D eigenvalue weighted by atomic mass is 35.5. The minimum atomic E-state index is -0.914. The Kier molecular flexibility index (Phi) is 5.25. The molecular formula is C12H16ClNO4. The molecule has 0 aliphatic heterocycles. The first kappa shape index (κ1) is 14.6. The number of methoxy groups -OCH3 is 2. The van der Waals surface area contributed by atoms with Gasteiger partial charge in [0.05, 0.1) is 14.2 Å². The van der Waals surface area contributed by atoms with E-state index in [4.69, 9.17) is 26.2 Å². The minimum absolute atomic E-state index is 0.327. The van der Waals surface area contributed by atoms with Crippen LogP contribution in [0.5, 0.6) is 11.5 Å². The van der Waals surface area contributed by atoms with Gasteiger partial charge in [0.15, 0.2) is 11.5 Å². The van der Waals surface area contributed by atoms with Crippen molar-refractivity contribution in [2.75, 3.05) is 14.2 Å². The van der Waals surface area contributed by atoms with Crippen molar-refractivity contribution in [1.29, 1.82) is 0 Å². The molecule has 2 N–H and O–H groups in total. The van der Waals surface area contributed by atoms with Gasteiger partial charge in [-0.2, -0.15) is 0 Å². The highest BCUT2D eigenvalue weighted by Crippen LogP contribution is 2.34. The SMILES string of the molecule is COc1cc(Cl)cc(CN[C@H](C)C(=O)O)c1OC. The molecule has 0 fully saturated rings. The number of halogens is 1. The quantitative estimate of drug-likeness (QED) is 0.829. The smallest absolute Gasteiger partial charge is 0.320 e. The number of carboxylic acids is 1. The second-order valence-electron chi connectivity index (χ2n) is 3.74. The van der Waals surface area contributed by atoms with Crippen molar-refractivity contribution >= 4 is 17.6 Å². The fourth-order valence-corrected chi connectivity index (χ4v) is 1.72. The Morgan fingerprint density at radius 2 is 2.11 bits per heavy atom. The summed E-state index contributed by atoms with van der Waals surface area (Å²) in [4.78, 5) is 10.7. The van der Waals surface area contributed by atoms with E-state index in [1.807, 2.05) is 0 Å². The summed E-state index contributed by atoms with van der Waals surface area (Å²) in [7, 11) is 3.04. The lowest BCUT2D eigenvalue weighted by atomic mass is 10.1. The van der Waals surface area contributed by atoms with E-state index in [0.717, 1.165) is 5.56 Å². The van der Waals surface area contributed by atoms with Gasteiger partial charge in [-0.25, -0.2) is 0 Å². The normalized spacial score (nSPS) is 12.0. The molecule has 6 heteroatoms. The number of hydrogen-bond acceptors (Lipinski definition) is 4. The molecule has 0 saturated carbocycles. The van der Waals surface area contributed by atoms with Crippen LogP contribution in [0.25, 0.3) is 0 Å². The molecule has 18 heavy (non-hydrogen) atoms. The largest absolute Gasteiger partial charge is 0.493 e. The van der Waals surface area contributed by atoms with Crippen LogP contribution in [0.1, 0.15) is 12.5 Å². The predicted molar refractivity (Wildman–Crippen MR) is 68.5 cm³/mol. The van der Waals surface area contributed by atoms with Crippen molar-refractivity contribution < 1.29 is 19.4 Å². The molecule has 0 aromatic heterocycles. The zero-order valence-corrected chi connectivity index (χ0v) is 11.2. The molecule has 0 saturated heterocycles. The van der Waals surface area contributed by atoms with Gasteiger partial charge < -0.3 is 19.9 Å². The van der Waals surface area contributed by atoms with Gasteiger partial charge >= 0.3 is 5.97 Å². The monoisotopic (exact) mass is 273 g/mol. The van der Waals surface area contributed by atoms with Crippen LogP contribution in [0.3, 0.4) is 0 Å². The molecule has 0 amide bonds. The first-order valence-electron chi connectivity index (χ1n) is 5.36. The molecule has 0 aliphatic carbocycles. The van der Waals surface area contributed by atoms with Crippen LogP contribution in [0, 0.1) is 0 Å². The summed E-state index contributed by atoms with van der Waals surface area (Å²) >= 11 is 5.96. The van der Waals surface area contributed by atoms with Gasteiger partial charge in [-0.15, -0.1) is 0 Å². The molecule has 5 nitrogen and oxygen atoms in total. The second-order valence-corrected chi connectivity index (χ2v) is 4.18. The molecule has 0 unspecified atom stereocenters. The molecule has 1 aromatic carbocycles. The number of benzene rings is 1. The Hall–Kier alpha value is -1.46. The standard InChI is InChI=1S/C12H16ClNO4/c1-7(12(15)16)14-6-8-4-9(13)5-10(17-2)11(8)18-3/h4-5,7,14H,6H2,1-3H3,(H,15,16)/t7-/m1/s1. The summed E-state index contributed by atoms with van der Waals surface area (Å²) in [5.41, 5.74) is 0.745. The van der Waals surface area contributed by atoms with Crippen LogP contribution in [-0.2, 0) is 11.3 Å². The summed E-state index contributed by atoms with van der Waals surface area (Å²) in [6.45, 7) is 1.89. The van der Waals surface area contributed by atoms with Crippen molar-refractivity contribution in [3.63, 3.8) is 0 Å². The molecule has 0 heterocycles. The maximum absolute atomic E-state index is 10.7. The third-order valence-corrected chi connectivity index (χ3v) is 2.71. The zero-order valence-electron chi connectivity index (χ0n) is 10.5. The molecule has 0 spiro atoms. The summed E-state index contributed by atoms with van der Waals surface area (Å²) in [5.74, 6) is 0.153. The van der Waals surface area contributed by atoms with Gasteiger partial charge in [0.2, 0.25) is 0 Å². The van der Waals surface area contributed by atoms with Gasteiger partial charge in [0.25, 0.3) is 0 Å². The molecule has 0 aliphatic rings. The number of carbonyl (C=O) groups is 1. The van der Waals surface area contributed by atoms with E-state index in [-0.39, 0.29) is 0 Å². The lowest BCUT2D eigenvalue weighted by molar-refractivity contribution is -0.139. The fraction of sp³-hybridized carbons (Fsp3) is 0.417. The molecule has 100 valence electrons. The maximum Gasteiger partial charge on any atom is 0.320 e. The van der Waals surface area contributed by atoms with Crippen LogP contribution in [0.2, 0.25) is 5.02 Å². The summed E-state index contributed by atoms with van der Waals surface area (Å²) in [5, 5.41) is 12.2. The predicted octanol–water partition coefficient (Wildman–Crippen LogP) is 1.92. The van der Waals surface area contributed by atoms with Crippen LogP contribution >= 0.6 is 11.6 Å². The van der Waals surface area contributed by atoms with E-state index in [9.17, 15) is 4.79 Å². The van der Waals surface area contributed by atoms with E-state index in [2.05, 4.69) is 5.32 Å². The van der Waals surface area contributed by atoms with Crippen molar-refractivity contribution in [2.45, 2.75) is 19.5 Å². The van der Waals surface area contributed by atoms with Gasteiger partial charge in [0.1, 0.15) is 6.04 Å². The average Bonchev–Trinajstić information content (AvgIpc) is 2.34. The highest BCUT2D eigenvalue weighted by molar-refractivity contribution is 6.30. The zero-order chi connectivity index (χ0) is 13.7. The number of hydrogen-bond donors (Lipinski definition) is 2. The van der Waals surface area contributed by atoms with E-state index < -0.39 is 12.0 Å². The van der Waals surface area contributed by atoms with E-state index in [1.165, 1.54) is 14.2 Å². The second kappa shape index (κ2) is 6.47. The Morgan fingerprint density at radius 3 is 2.61 bits per heavy atom. The van der Waals surface area contributed by atoms with Gasteiger partial charge in [-0.05, 0) is 13.0 Å². The molecule has 0 radical (unpaired) electrons. The molecular weight excluding hydrogens is 258 g/mol.